The molecule has 0 radical (unpaired) electrons. The van der Waals surface area contributed by atoms with Crippen LogP contribution in [0.5, 0.6) is 0 Å². The maximum absolute atomic E-state index is 10.5. The van der Waals surface area contributed by atoms with E-state index in [0.29, 0.717) is 0 Å². The SMILES string of the molecule is C=C([C@H](C=O)OC)[Si](C)(C)C. The number of rotatable bonds is 4. The summed E-state index contributed by atoms with van der Waals surface area (Å²) >= 11 is 0. The zero-order valence-electron chi connectivity index (χ0n) is 7.68. The van der Waals surface area contributed by atoms with Crippen molar-refractivity contribution in [1.82, 2.24) is 0 Å². The predicted octanol–water partition coefficient (Wildman–Crippen LogP) is 1.63. The number of carbonyl (C=O) groups excluding carboxylic acids is 1. The van der Waals surface area contributed by atoms with Crippen molar-refractivity contribution >= 4 is 14.4 Å². The van der Waals surface area contributed by atoms with E-state index in [4.69, 9.17) is 4.74 Å². The van der Waals surface area contributed by atoms with Crippen LogP contribution in [0.25, 0.3) is 0 Å². The van der Waals surface area contributed by atoms with Crippen LogP contribution >= 0.6 is 0 Å². The Morgan fingerprint density at radius 3 is 2.09 bits per heavy atom. The maximum atomic E-state index is 10.5. The number of carbonyl (C=O) groups is 1. The molecule has 0 aliphatic rings. The summed E-state index contributed by atoms with van der Waals surface area (Å²) in [7, 11) is 0.116. The second-order valence-corrected chi connectivity index (χ2v) is 8.71. The van der Waals surface area contributed by atoms with Gasteiger partial charge in [-0.05, 0) is 0 Å². The number of hydrogen-bond donors (Lipinski definition) is 0. The summed E-state index contributed by atoms with van der Waals surface area (Å²) in [6.07, 6.45) is 0.405. The zero-order chi connectivity index (χ0) is 9.07. The van der Waals surface area contributed by atoms with E-state index in [-0.39, 0.29) is 0 Å². The standard InChI is InChI=1S/C8H16O2Si/c1-7(11(3,4)5)8(6-9)10-2/h6,8H,1H2,2-5H3/t8-/m0/s1. The Hall–Kier alpha value is -0.413. The highest BCUT2D eigenvalue weighted by Gasteiger charge is 2.24. The minimum atomic E-state index is -1.42. The molecule has 1 atom stereocenters. The van der Waals surface area contributed by atoms with Crippen LogP contribution in [0.3, 0.4) is 0 Å². The summed E-state index contributed by atoms with van der Waals surface area (Å²) in [5.74, 6) is 0. The molecule has 0 heterocycles. The molecule has 0 aromatic carbocycles. The first-order valence-electron chi connectivity index (χ1n) is 3.61. The lowest BCUT2D eigenvalue weighted by atomic mass is 10.4. The van der Waals surface area contributed by atoms with Gasteiger partial charge in [0.1, 0.15) is 6.10 Å². The van der Waals surface area contributed by atoms with Gasteiger partial charge in [-0.25, -0.2) is 0 Å². The fraction of sp³-hybridized carbons (Fsp3) is 0.625. The van der Waals surface area contributed by atoms with Gasteiger partial charge in [-0.1, -0.05) is 24.8 Å². The van der Waals surface area contributed by atoms with Crippen LogP contribution in [-0.2, 0) is 9.53 Å². The molecule has 0 rings (SSSR count). The highest BCUT2D eigenvalue weighted by molar-refractivity contribution is 6.83. The lowest BCUT2D eigenvalue weighted by Crippen LogP contribution is -2.33. The Morgan fingerprint density at radius 1 is 1.55 bits per heavy atom. The lowest BCUT2D eigenvalue weighted by molar-refractivity contribution is -0.114. The highest BCUT2D eigenvalue weighted by Crippen LogP contribution is 2.16. The second kappa shape index (κ2) is 3.83. The van der Waals surface area contributed by atoms with Gasteiger partial charge in [0.05, 0.1) is 8.07 Å². The molecule has 3 heteroatoms. The van der Waals surface area contributed by atoms with Crippen molar-refractivity contribution in [2.75, 3.05) is 7.11 Å². The molecule has 64 valence electrons. The van der Waals surface area contributed by atoms with Crippen LogP contribution in [0.15, 0.2) is 11.8 Å². The smallest absolute Gasteiger partial charge is 0.152 e. The molecule has 11 heavy (non-hydrogen) atoms. The average molecular weight is 172 g/mol. The summed E-state index contributed by atoms with van der Waals surface area (Å²) < 4.78 is 4.95. The maximum Gasteiger partial charge on any atom is 0.152 e. The monoisotopic (exact) mass is 172 g/mol. The zero-order valence-corrected chi connectivity index (χ0v) is 8.68. The van der Waals surface area contributed by atoms with E-state index in [1.807, 2.05) is 0 Å². The van der Waals surface area contributed by atoms with Gasteiger partial charge in [0.25, 0.3) is 0 Å². The van der Waals surface area contributed by atoms with Crippen molar-refractivity contribution in [2.45, 2.75) is 25.7 Å². The number of ether oxygens (including phenoxy) is 1. The molecule has 0 N–H and O–H groups in total. The molecule has 0 saturated carbocycles. The summed E-state index contributed by atoms with van der Waals surface area (Å²) in [5.41, 5.74) is 0. The van der Waals surface area contributed by atoms with Gasteiger partial charge in [-0.2, -0.15) is 0 Å². The Balaban J connectivity index is 4.33. The van der Waals surface area contributed by atoms with E-state index in [2.05, 4.69) is 26.2 Å². The topological polar surface area (TPSA) is 26.3 Å². The second-order valence-electron chi connectivity index (χ2n) is 3.57. The molecular formula is C8H16O2Si. The van der Waals surface area contributed by atoms with Gasteiger partial charge in [0.2, 0.25) is 0 Å². The van der Waals surface area contributed by atoms with Crippen molar-refractivity contribution < 1.29 is 9.53 Å². The molecule has 0 spiro atoms. The summed E-state index contributed by atoms with van der Waals surface area (Å²) in [6.45, 7) is 10.3. The Morgan fingerprint density at radius 2 is 2.00 bits per heavy atom. The highest BCUT2D eigenvalue weighted by atomic mass is 28.3. The fourth-order valence-electron chi connectivity index (χ4n) is 0.707. The summed E-state index contributed by atoms with van der Waals surface area (Å²) in [5, 5.41) is 0.954. The molecule has 2 nitrogen and oxygen atoms in total. The molecule has 0 unspecified atom stereocenters. The molecule has 0 fully saturated rings. The fourth-order valence-corrected chi connectivity index (χ4v) is 1.75. The van der Waals surface area contributed by atoms with Crippen LogP contribution in [0.2, 0.25) is 19.6 Å². The lowest BCUT2D eigenvalue weighted by Gasteiger charge is -2.23. The van der Waals surface area contributed by atoms with Crippen molar-refractivity contribution in [3.05, 3.63) is 11.8 Å². The number of methoxy groups -OCH3 is 1. The molecule has 0 aromatic heterocycles. The minimum absolute atomic E-state index is 0.401. The molecule has 0 saturated heterocycles. The van der Waals surface area contributed by atoms with Gasteiger partial charge in [-0.3, -0.25) is 0 Å². The normalized spacial score (nSPS) is 14.2. The molecular weight excluding hydrogens is 156 g/mol. The van der Waals surface area contributed by atoms with Gasteiger partial charge >= 0.3 is 0 Å². The van der Waals surface area contributed by atoms with Crippen LogP contribution in [0.1, 0.15) is 0 Å². The van der Waals surface area contributed by atoms with Crippen LogP contribution in [-0.4, -0.2) is 27.6 Å². The van der Waals surface area contributed by atoms with Gasteiger partial charge in [-0.15, -0.1) is 6.58 Å². The first kappa shape index (κ1) is 10.6. The Kier molecular flexibility index (Phi) is 3.69. The number of aldehydes is 1. The third kappa shape index (κ3) is 2.99. The average Bonchev–Trinajstić information content (AvgIpc) is 1.88. The third-order valence-electron chi connectivity index (χ3n) is 1.68. The Labute approximate surface area is 69.3 Å². The third-order valence-corrected chi connectivity index (χ3v) is 3.90. The van der Waals surface area contributed by atoms with Gasteiger partial charge in [0.15, 0.2) is 6.29 Å². The van der Waals surface area contributed by atoms with E-state index in [0.717, 1.165) is 11.5 Å². The van der Waals surface area contributed by atoms with E-state index >= 15 is 0 Å². The number of hydrogen-bond acceptors (Lipinski definition) is 2. The van der Waals surface area contributed by atoms with Crippen molar-refractivity contribution in [3.8, 4) is 0 Å². The van der Waals surface area contributed by atoms with Crippen LogP contribution in [0.4, 0.5) is 0 Å². The van der Waals surface area contributed by atoms with Crippen LogP contribution < -0.4 is 0 Å². The van der Waals surface area contributed by atoms with Gasteiger partial charge in [0, 0.05) is 7.11 Å². The largest absolute Gasteiger partial charge is 0.370 e. The molecule has 0 aliphatic heterocycles. The first-order valence-corrected chi connectivity index (χ1v) is 7.11. The van der Waals surface area contributed by atoms with E-state index in [1.165, 1.54) is 7.11 Å². The van der Waals surface area contributed by atoms with Crippen molar-refractivity contribution in [1.29, 1.82) is 0 Å². The molecule has 0 amide bonds. The predicted molar refractivity (Wildman–Crippen MR) is 49.3 cm³/mol. The summed E-state index contributed by atoms with van der Waals surface area (Å²) in [6, 6.07) is 0. The van der Waals surface area contributed by atoms with Crippen LogP contribution in [0, 0.1) is 0 Å². The van der Waals surface area contributed by atoms with Crippen molar-refractivity contribution in [2.24, 2.45) is 0 Å². The minimum Gasteiger partial charge on any atom is -0.370 e. The van der Waals surface area contributed by atoms with E-state index in [1.54, 1.807) is 0 Å². The first-order chi connectivity index (χ1) is 4.93. The van der Waals surface area contributed by atoms with Crippen molar-refractivity contribution in [3.63, 3.8) is 0 Å². The van der Waals surface area contributed by atoms with E-state index < -0.39 is 14.2 Å². The summed E-state index contributed by atoms with van der Waals surface area (Å²) in [4.78, 5) is 10.5. The molecule has 0 bridgehead atoms. The molecule has 0 aromatic rings. The quantitative estimate of drug-likeness (QED) is 0.476. The Bertz CT molecular complexity index is 158. The van der Waals surface area contributed by atoms with Gasteiger partial charge < -0.3 is 9.53 Å². The van der Waals surface area contributed by atoms with E-state index in [9.17, 15) is 4.79 Å². The molecule has 0 aliphatic carbocycles.